The number of hydrogen-bond acceptors (Lipinski definition) is 5. The second kappa shape index (κ2) is 9.36. The molecule has 2 aromatic rings. The van der Waals surface area contributed by atoms with Crippen molar-refractivity contribution >= 4 is 17.7 Å². The molecule has 0 radical (unpaired) electrons. The number of ether oxygens (including phenoxy) is 2. The summed E-state index contributed by atoms with van der Waals surface area (Å²) in [5, 5.41) is 0. The molecule has 29 heavy (non-hydrogen) atoms. The van der Waals surface area contributed by atoms with Gasteiger partial charge in [-0.25, -0.2) is 9.18 Å². The fourth-order valence-corrected chi connectivity index (χ4v) is 3.18. The number of esters is 1. The number of nitrogens with zero attached hydrogens (tertiary/aromatic N) is 1. The van der Waals surface area contributed by atoms with Crippen LogP contribution in [0.3, 0.4) is 0 Å². The molecule has 1 heterocycles. The minimum Gasteiger partial charge on any atom is -0.494 e. The number of methoxy groups -OCH3 is 1. The summed E-state index contributed by atoms with van der Waals surface area (Å²) >= 11 is 0. The summed E-state index contributed by atoms with van der Waals surface area (Å²) in [5.41, 5.74) is 2.26. The molecule has 0 atom stereocenters. The molecule has 0 bridgehead atoms. The lowest BCUT2D eigenvalue weighted by Crippen LogP contribution is -2.34. The van der Waals surface area contributed by atoms with Crippen molar-refractivity contribution < 1.29 is 28.2 Å². The number of carbonyl (C=O) groups excluding carboxylic acids is 3. The van der Waals surface area contributed by atoms with E-state index >= 15 is 0 Å². The molecule has 0 aliphatic heterocycles. The van der Waals surface area contributed by atoms with Crippen LogP contribution in [0.15, 0.2) is 18.2 Å². The first-order valence-electron chi connectivity index (χ1n) is 9.16. The molecule has 0 saturated heterocycles. The Morgan fingerprint density at radius 3 is 2.41 bits per heavy atom. The predicted octanol–water partition coefficient (Wildman–Crippen LogP) is 3.19. The van der Waals surface area contributed by atoms with Crippen LogP contribution in [0.25, 0.3) is 0 Å². The second-order valence-electron chi connectivity index (χ2n) is 6.63. The molecule has 7 nitrogen and oxygen atoms in total. The zero-order valence-electron chi connectivity index (χ0n) is 17.2. The predicted molar refractivity (Wildman–Crippen MR) is 105 cm³/mol. The van der Waals surface area contributed by atoms with Crippen LogP contribution in [0.4, 0.5) is 4.39 Å². The number of amides is 1. The third-order valence-electron chi connectivity index (χ3n) is 4.64. The Labute approximate surface area is 168 Å². The van der Waals surface area contributed by atoms with Gasteiger partial charge in [0.25, 0.3) is 5.91 Å². The Balaban J connectivity index is 2.03. The molecular formula is C21H25FN2O5. The molecule has 0 aliphatic rings. The summed E-state index contributed by atoms with van der Waals surface area (Å²) in [4.78, 5) is 40.8. The van der Waals surface area contributed by atoms with Crippen LogP contribution >= 0.6 is 0 Å². The smallest absolute Gasteiger partial charge is 0.355 e. The van der Waals surface area contributed by atoms with Crippen molar-refractivity contribution in [1.82, 2.24) is 9.88 Å². The van der Waals surface area contributed by atoms with E-state index in [4.69, 9.17) is 9.47 Å². The molecule has 1 amide bonds. The molecule has 0 saturated carbocycles. The summed E-state index contributed by atoms with van der Waals surface area (Å²) in [6.07, 6.45) is 0. The van der Waals surface area contributed by atoms with Gasteiger partial charge >= 0.3 is 5.97 Å². The molecule has 0 fully saturated rings. The third-order valence-corrected chi connectivity index (χ3v) is 4.64. The van der Waals surface area contributed by atoms with Crippen molar-refractivity contribution in [3.63, 3.8) is 0 Å². The molecule has 1 aromatic carbocycles. The first kappa shape index (κ1) is 22.1. The van der Waals surface area contributed by atoms with Crippen molar-refractivity contribution in [3.05, 3.63) is 52.1 Å². The van der Waals surface area contributed by atoms with Gasteiger partial charge in [0.2, 0.25) is 0 Å². The van der Waals surface area contributed by atoms with Crippen LogP contribution in [0.1, 0.15) is 51.5 Å². The second-order valence-corrected chi connectivity index (χ2v) is 6.63. The average Bonchev–Trinajstić information content (AvgIpc) is 2.98. The normalized spacial score (nSPS) is 10.6. The van der Waals surface area contributed by atoms with Gasteiger partial charge in [-0.2, -0.15) is 0 Å². The maximum atomic E-state index is 13.9. The Morgan fingerprint density at radius 1 is 1.21 bits per heavy atom. The maximum Gasteiger partial charge on any atom is 0.355 e. The Kier molecular flexibility index (Phi) is 7.14. The number of ketones is 1. The number of aromatic nitrogens is 1. The highest BCUT2D eigenvalue weighted by Crippen LogP contribution is 2.20. The van der Waals surface area contributed by atoms with Crippen LogP contribution in [-0.4, -0.2) is 47.8 Å². The highest BCUT2D eigenvalue weighted by atomic mass is 19.1. The lowest BCUT2D eigenvalue weighted by Gasteiger charge is -2.21. The first-order chi connectivity index (χ1) is 13.7. The van der Waals surface area contributed by atoms with E-state index < -0.39 is 24.3 Å². The van der Waals surface area contributed by atoms with Crippen LogP contribution < -0.4 is 4.74 Å². The minimum atomic E-state index is -0.710. The Hall–Kier alpha value is -3.16. The molecule has 156 valence electrons. The highest BCUT2D eigenvalue weighted by Gasteiger charge is 2.22. The quantitative estimate of drug-likeness (QED) is 0.539. The van der Waals surface area contributed by atoms with E-state index in [-0.39, 0.29) is 23.8 Å². The number of aryl methyl sites for hydroxylation is 1. The van der Waals surface area contributed by atoms with Crippen molar-refractivity contribution in [2.45, 2.75) is 34.2 Å². The van der Waals surface area contributed by atoms with Crippen LogP contribution in [0, 0.1) is 19.7 Å². The summed E-state index contributed by atoms with van der Waals surface area (Å²) in [6, 6.07) is 4.46. The van der Waals surface area contributed by atoms with Crippen molar-refractivity contribution in [1.29, 1.82) is 0 Å². The Bertz CT molecular complexity index is 935. The summed E-state index contributed by atoms with van der Waals surface area (Å²) in [6.45, 7) is 6.61. The van der Waals surface area contributed by atoms with E-state index in [1.807, 2.05) is 0 Å². The number of Topliss-reactive ketones (excluding diaryl/α,β-unsaturated/α-hetero) is 1. The van der Waals surface area contributed by atoms with Gasteiger partial charge in [0, 0.05) is 24.3 Å². The summed E-state index contributed by atoms with van der Waals surface area (Å²) in [5.74, 6) is -1.67. The van der Waals surface area contributed by atoms with Crippen molar-refractivity contribution in [3.8, 4) is 5.75 Å². The lowest BCUT2D eigenvalue weighted by molar-refractivity contribution is -0.135. The number of rotatable bonds is 8. The van der Waals surface area contributed by atoms with Crippen molar-refractivity contribution in [2.75, 3.05) is 20.3 Å². The number of likely N-dealkylation sites (N-methyl/N-ethyl adjacent to an activating group) is 1. The molecule has 8 heteroatoms. The van der Waals surface area contributed by atoms with E-state index in [0.717, 1.165) is 0 Å². The number of nitrogens with one attached hydrogen (secondary N) is 1. The van der Waals surface area contributed by atoms with Gasteiger partial charge in [0.15, 0.2) is 24.0 Å². The van der Waals surface area contributed by atoms with Gasteiger partial charge in [0.1, 0.15) is 5.69 Å². The van der Waals surface area contributed by atoms with E-state index in [9.17, 15) is 18.8 Å². The van der Waals surface area contributed by atoms with Gasteiger partial charge in [0.05, 0.1) is 7.11 Å². The number of benzene rings is 1. The summed E-state index contributed by atoms with van der Waals surface area (Å²) < 4.78 is 23.9. The zero-order valence-corrected chi connectivity index (χ0v) is 17.2. The largest absolute Gasteiger partial charge is 0.494 e. The third kappa shape index (κ3) is 5.01. The highest BCUT2D eigenvalue weighted by molar-refractivity contribution is 6.01. The number of H-pyrrole nitrogens is 1. The van der Waals surface area contributed by atoms with Gasteiger partial charge < -0.3 is 19.4 Å². The lowest BCUT2D eigenvalue weighted by atomic mass is 10.1. The van der Waals surface area contributed by atoms with Crippen molar-refractivity contribution in [2.24, 2.45) is 0 Å². The fraction of sp³-hybridized carbons (Fsp3) is 0.381. The van der Waals surface area contributed by atoms with E-state index in [1.165, 1.54) is 31.1 Å². The van der Waals surface area contributed by atoms with Crippen LogP contribution in [-0.2, 0) is 16.1 Å². The monoisotopic (exact) mass is 404 g/mol. The van der Waals surface area contributed by atoms with Crippen LogP contribution in [0.2, 0.25) is 0 Å². The number of hydrogen-bond donors (Lipinski definition) is 1. The molecule has 2 rings (SSSR count). The Morgan fingerprint density at radius 2 is 1.90 bits per heavy atom. The molecule has 0 spiro atoms. The minimum absolute atomic E-state index is 0.124. The van der Waals surface area contributed by atoms with Gasteiger partial charge in [-0.1, -0.05) is 6.07 Å². The maximum absolute atomic E-state index is 13.9. The van der Waals surface area contributed by atoms with E-state index in [2.05, 4.69) is 4.98 Å². The van der Waals surface area contributed by atoms with Gasteiger partial charge in [-0.15, -0.1) is 0 Å². The van der Waals surface area contributed by atoms with E-state index in [0.29, 0.717) is 28.9 Å². The fourth-order valence-electron chi connectivity index (χ4n) is 3.18. The number of aromatic amines is 1. The van der Waals surface area contributed by atoms with Crippen LogP contribution in [0.5, 0.6) is 5.75 Å². The molecule has 1 N–H and O–H groups in total. The van der Waals surface area contributed by atoms with E-state index in [1.54, 1.807) is 26.8 Å². The summed E-state index contributed by atoms with van der Waals surface area (Å²) in [7, 11) is 1.38. The molecule has 1 aromatic heterocycles. The van der Waals surface area contributed by atoms with Gasteiger partial charge in [-0.05, 0) is 51.0 Å². The SMILES string of the molecule is CCN(Cc1ccc(OC)c(F)c1)C(=O)COC(=O)c1[nH]c(C)c(C(C)=O)c1C. The standard InChI is InChI=1S/C21H25FN2O5/c1-6-24(10-15-7-8-17(28-5)16(22)9-15)18(26)11-29-21(27)20-12(2)19(14(4)25)13(3)23-20/h7-9,23H,6,10-11H2,1-5H3. The average molecular weight is 404 g/mol. The zero-order chi connectivity index (χ0) is 21.7. The molecule has 0 aliphatic carbocycles. The number of carbonyl (C=O) groups is 3. The number of halogens is 1. The van der Waals surface area contributed by atoms with Gasteiger partial charge in [-0.3, -0.25) is 9.59 Å². The molecule has 0 unspecified atom stereocenters. The first-order valence-corrected chi connectivity index (χ1v) is 9.16. The topological polar surface area (TPSA) is 88.7 Å². The molecular weight excluding hydrogens is 379 g/mol.